The van der Waals surface area contributed by atoms with Gasteiger partial charge in [0.1, 0.15) is 15.8 Å². The van der Waals surface area contributed by atoms with E-state index in [0.29, 0.717) is 15.8 Å². The van der Waals surface area contributed by atoms with E-state index in [4.69, 9.17) is 5.11 Å². The van der Waals surface area contributed by atoms with Crippen LogP contribution in [0.5, 0.6) is 0 Å². The summed E-state index contributed by atoms with van der Waals surface area (Å²) in [5.41, 5.74) is 1.10. The van der Waals surface area contributed by atoms with Gasteiger partial charge in [0.05, 0.1) is 6.20 Å². The van der Waals surface area contributed by atoms with Crippen molar-refractivity contribution in [3.05, 3.63) is 22.6 Å². The molecule has 2 N–H and O–H groups in total. The van der Waals surface area contributed by atoms with E-state index in [1.807, 2.05) is 0 Å². The fraction of sp³-hybridized carbons (Fsp3) is 0. The summed E-state index contributed by atoms with van der Waals surface area (Å²) in [6.45, 7) is 0. The Kier molecular flexibility index (Phi) is 1.77. The molecule has 6 heteroatoms. The van der Waals surface area contributed by atoms with Crippen LogP contribution in [0, 0.1) is 0 Å². The lowest BCUT2D eigenvalue weighted by Gasteiger charge is -1.87. The number of carboxylic acid groups (broad SMARTS) is 1. The Bertz CT molecular complexity index is 480. The maximum atomic E-state index is 10.6. The number of rotatable bonds is 1. The topological polar surface area (TPSA) is 78.9 Å². The predicted molar refractivity (Wildman–Crippen MR) is 48.5 cm³/mol. The van der Waals surface area contributed by atoms with Gasteiger partial charge < -0.3 is 10.1 Å². The highest BCUT2D eigenvalue weighted by Gasteiger charge is 2.08. The molecule has 2 heterocycles. The Morgan fingerprint density at radius 2 is 2.38 bits per heavy atom. The van der Waals surface area contributed by atoms with E-state index in [0.717, 1.165) is 0 Å². The average Bonchev–Trinajstić information content (AvgIpc) is 2.46. The molecule has 2 aromatic rings. The first-order valence-corrected chi connectivity index (χ1v) is 4.20. The standard InChI is InChI=1S/C7H4BrN3O2/c8-5-2-9-6-3(10-5)1-4(11-6)7(12)13/h1-2H,(H,9,11)(H,12,13). The van der Waals surface area contributed by atoms with Crippen LogP contribution in [0.3, 0.4) is 0 Å². The van der Waals surface area contributed by atoms with Crippen LogP contribution in [0.15, 0.2) is 16.9 Å². The van der Waals surface area contributed by atoms with E-state index in [-0.39, 0.29) is 5.69 Å². The number of carboxylic acids is 1. The molecule has 5 nitrogen and oxygen atoms in total. The number of aromatic amines is 1. The molecule has 0 aliphatic carbocycles. The molecule has 2 aromatic heterocycles. The second kappa shape index (κ2) is 2.81. The zero-order valence-electron chi connectivity index (χ0n) is 6.28. The minimum atomic E-state index is -1.02. The van der Waals surface area contributed by atoms with Gasteiger partial charge in [-0.15, -0.1) is 0 Å². The largest absolute Gasteiger partial charge is 0.477 e. The van der Waals surface area contributed by atoms with Crippen molar-refractivity contribution in [2.45, 2.75) is 0 Å². The molecular weight excluding hydrogens is 238 g/mol. The maximum Gasteiger partial charge on any atom is 0.352 e. The van der Waals surface area contributed by atoms with Crippen LogP contribution in [0.25, 0.3) is 11.2 Å². The number of fused-ring (bicyclic) bond motifs is 1. The lowest BCUT2D eigenvalue weighted by molar-refractivity contribution is 0.0691. The predicted octanol–water partition coefficient (Wildman–Crippen LogP) is 1.42. The van der Waals surface area contributed by atoms with Gasteiger partial charge in [-0.1, -0.05) is 0 Å². The molecule has 2 rings (SSSR count). The summed E-state index contributed by atoms with van der Waals surface area (Å²) in [6.07, 6.45) is 1.50. The maximum absolute atomic E-state index is 10.6. The quantitative estimate of drug-likeness (QED) is 0.792. The van der Waals surface area contributed by atoms with Gasteiger partial charge in [-0.05, 0) is 22.0 Å². The second-order valence-corrected chi connectivity index (χ2v) is 3.23. The average molecular weight is 242 g/mol. The zero-order valence-corrected chi connectivity index (χ0v) is 7.87. The molecular formula is C7H4BrN3O2. The Morgan fingerprint density at radius 3 is 3.08 bits per heavy atom. The summed E-state index contributed by atoms with van der Waals surface area (Å²) >= 11 is 3.14. The van der Waals surface area contributed by atoms with Crippen LogP contribution < -0.4 is 0 Å². The molecule has 0 bridgehead atoms. The fourth-order valence-electron chi connectivity index (χ4n) is 0.993. The molecule has 0 spiro atoms. The van der Waals surface area contributed by atoms with Gasteiger partial charge in [0, 0.05) is 0 Å². The van der Waals surface area contributed by atoms with Crippen LogP contribution in [-0.2, 0) is 0 Å². The van der Waals surface area contributed by atoms with Crippen LogP contribution in [0.1, 0.15) is 10.5 Å². The van der Waals surface area contributed by atoms with Gasteiger partial charge in [0.15, 0.2) is 5.65 Å². The molecule has 13 heavy (non-hydrogen) atoms. The van der Waals surface area contributed by atoms with Gasteiger partial charge in [0.25, 0.3) is 0 Å². The highest BCUT2D eigenvalue weighted by atomic mass is 79.9. The van der Waals surface area contributed by atoms with E-state index in [2.05, 4.69) is 30.9 Å². The van der Waals surface area contributed by atoms with Gasteiger partial charge in [-0.25, -0.2) is 14.8 Å². The smallest absolute Gasteiger partial charge is 0.352 e. The molecule has 0 unspecified atom stereocenters. The van der Waals surface area contributed by atoms with E-state index < -0.39 is 5.97 Å². The molecule has 0 atom stereocenters. The van der Waals surface area contributed by atoms with E-state index >= 15 is 0 Å². The Balaban J connectivity index is 2.68. The van der Waals surface area contributed by atoms with E-state index in [9.17, 15) is 4.79 Å². The van der Waals surface area contributed by atoms with Crippen molar-refractivity contribution >= 4 is 33.1 Å². The summed E-state index contributed by atoms with van der Waals surface area (Å²) in [7, 11) is 0. The summed E-state index contributed by atoms with van der Waals surface area (Å²) < 4.78 is 0.580. The lowest BCUT2D eigenvalue weighted by atomic mass is 10.4. The number of H-pyrrole nitrogens is 1. The minimum Gasteiger partial charge on any atom is -0.477 e. The highest BCUT2D eigenvalue weighted by molar-refractivity contribution is 9.10. The number of nitrogens with one attached hydrogen (secondary N) is 1. The van der Waals surface area contributed by atoms with Crippen LogP contribution in [-0.4, -0.2) is 26.0 Å². The third-order valence-corrected chi connectivity index (χ3v) is 1.92. The Morgan fingerprint density at radius 1 is 1.62 bits per heavy atom. The number of nitrogens with zero attached hydrogens (tertiary/aromatic N) is 2. The van der Waals surface area contributed by atoms with Crippen molar-refractivity contribution < 1.29 is 9.90 Å². The van der Waals surface area contributed by atoms with Gasteiger partial charge >= 0.3 is 5.97 Å². The molecule has 0 amide bonds. The molecule has 0 fully saturated rings. The SMILES string of the molecule is O=C(O)c1cc2nc(Br)cnc2[nH]1. The van der Waals surface area contributed by atoms with Crippen LogP contribution in [0.2, 0.25) is 0 Å². The molecule has 0 radical (unpaired) electrons. The molecule has 0 saturated heterocycles. The normalized spacial score (nSPS) is 10.5. The monoisotopic (exact) mass is 241 g/mol. The number of aromatic carboxylic acids is 1. The molecule has 0 aliphatic rings. The summed E-state index contributed by atoms with van der Waals surface area (Å²) in [4.78, 5) is 21.2. The third-order valence-electron chi connectivity index (χ3n) is 1.53. The number of carbonyl (C=O) groups is 1. The first-order valence-electron chi connectivity index (χ1n) is 3.41. The van der Waals surface area contributed by atoms with Crippen molar-refractivity contribution in [3.8, 4) is 0 Å². The van der Waals surface area contributed by atoms with E-state index in [1.54, 1.807) is 0 Å². The molecule has 0 aromatic carbocycles. The van der Waals surface area contributed by atoms with Gasteiger partial charge in [0.2, 0.25) is 0 Å². The first-order chi connectivity index (χ1) is 6.16. The van der Waals surface area contributed by atoms with Crippen LogP contribution >= 0.6 is 15.9 Å². The van der Waals surface area contributed by atoms with Gasteiger partial charge in [-0.3, -0.25) is 0 Å². The number of aromatic nitrogens is 3. The van der Waals surface area contributed by atoms with Crippen molar-refractivity contribution in [2.24, 2.45) is 0 Å². The molecule has 0 saturated carbocycles. The Labute approximate surface area is 80.9 Å². The number of hydrogen-bond acceptors (Lipinski definition) is 3. The van der Waals surface area contributed by atoms with Crippen molar-refractivity contribution in [1.82, 2.24) is 15.0 Å². The van der Waals surface area contributed by atoms with E-state index in [1.165, 1.54) is 12.3 Å². The molecule has 0 aliphatic heterocycles. The number of hydrogen-bond donors (Lipinski definition) is 2. The van der Waals surface area contributed by atoms with Crippen molar-refractivity contribution in [3.63, 3.8) is 0 Å². The van der Waals surface area contributed by atoms with Gasteiger partial charge in [-0.2, -0.15) is 0 Å². The highest BCUT2D eigenvalue weighted by Crippen LogP contribution is 2.13. The minimum absolute atomic E-state index is 0.0908. The fourth-order valence-corrected chi connectivity index (χ4v) is 1.29. The molecule has 66 valence electrons. The van der Waals surface area contributed by atoms with Crippen molar-refractivity contribution in [2.75, 3.05) is 0 Å². The third kappa shape index (κ3) is 1.40. The van der Waals surface area contributed by atoms with Crippen molar-refractivity contribution in [1.29, 1.82) is 0 Å². The summed E-state index contributed by atoms with van der Waals surface area (Å²) in [5.74, 6) is -1.02. The number of halogens is 1. The second-order valence-electron chi connectivity index (χ2n) is 2.41. The Hall–Kier alpha value is -1.43. The first kappa shape index (κ1) is 8.18. The summed E-state index contributed by atoms with van der Waals surface area (Å²) in [5, 5.41) is 8.66. The zero-order chi connectivity index (χ0) is 9.42. The summed E-state index contributed by atoms with van der Waals surface area (Å²) in [6, 6.07) is 1.44. The van der Waals surface area contributed by atoms with Crippen LogP contribution in [0.4, 0.5) is 0 Å². The lowest BCUT2D eigenvalue weighted by Crippen LogP contribution is -1.94.